The molecule has 0 amide bonds. The summed E-state index contributed by atoms with van der Waals surface area (Å²) in [5, 5.41) is 15.4. The maximum absolute atomic E-state index is 13.1. The molecule has 32 heavy (non-hydrogen) atoms. The first kappa shape index (κ1) is 25.0. The van der Waals surface area contributed by atoms with Gasteiger partial charge in [-0.15, -0.1) is 0 Å². The van der Waals surface area contributed by atoms with E-state index in [0.717, 1.165) is 13.0 Å². The molecule has 11 nitrogen and oxygen atoms in total. The number of non-ortho nitro benzene ring substituents is 1. The number of hydrogen-bond donors (Lipinski definition) is 3. The van der Waals surface area contributed by atoms with Crippen LogP contribution in [-0.2, 0) is 10.1 Å². The maximum Gasteiger partial charge on any atom is 0.293 e. The van der Waals surface area contributed by atoms with E-state index in [9.17, 15) is 23.3 Å². The summed E-state index contributed by atoms with van der Waals surface area (Å²) < 4.78 is 31.1. The lowest BCUT2D eigenvalue weighted by Gasteiger charge is -2.13. The summed E-state index contributed by atoms with van der Waals surface area (Å²) in [7, 11) is 1.84. The molecular weight excluding hydrogens is 440 g/mol. The van der Waals surface area contributed by atoms with E-state index < -0.39 is 15.0 Å². The number of H-pyrrole nitrogens is 1. The Hall–Kier alpha value is -3.22. The van der Waals surface area contributed by atoms with Crippen LogP contribution in [0.25, 0.3) is 21.8 Å². The molecule has 0 atom stereocenters. The largest absolute Gasteiger partial charge is 0.497 e. The van der Waals surface area contributed by atoms with Crippen LogP contribution in [0, 0.1) is 10.1 Å². The number of rotatable bonds is 7. The summed E-state index contributed by atoms with van der Waals surface area (Å²) in [6.45, 7) is 1.55. The molecule has 174 valence electrons. The SMILES string of the molecule is COc1ccc2[nH]c3c([N+](=O)[O-])ccc(NCCCN(C)C)c3c(=O)c2c1.CS(=O)(=O)O. The zero-order valence-corrected chi connectivity index (χ0v) is 19.0. The minimum Gasteiger partial charge on any atom is -0.497 e. The lowest BCUT2D eigenvalue weighted by atomic mass is 10.1. The molecule has 0 unspecified atom stereocenters. The zero-order valence-electron chi connectivity index (χ0n) is 18.2. The first-order valence-electron chi connectivity index (χ1n) is 9.54. The topological polar surface area (TPSA) is 155 Å². The first-order valence-corrected chi connectivity index (χ1v) is 11.4. The van der Waals surface area contributed by atoms with Gasteiger partial charge in [-0.3, -0.25) is 19.5 Å². The number of nitrogens with zero attached hydrogens (tertiary/aromatic N) is 2. The van der Waals surface area contributed by atoms with E-state index in [1.54, 1.807) is 24.3 Å². The number of benzene rings is 2. The van der Waals surface area contributed by atoms with Gasteiger partial charge in [-0.2, -0.15) is 8.42 Å². The van der Waals surface area contributed by atoms with Crippen molar-refractivity contribution >= 4 is 43.3 Å². The fraction of sp³-hybridized carbons (Fsp3) is 0.350. The van der Waals surface area contributed by atoms with Crippen LogP contribution in [0.15, 0.2) is 35.1 Å². The van der Waals surface area contributed by atoms with E-state index in [4.69, 9.17) is 9.29 Å². The minimum absolute atomic E-state index is 0.126. The number of pyridine rings is 1. The van der Waals surface area contributed by atoms with Gasteiger partial charge in [-0.05, 0) is 51.3 Å². The highest BCUT2D eigenvalue weighted by Crippen LogP contribution is 2.30. The van der Waals surface area contributed by atoms with E-state index in [2.05, 4.69) is 15.2 Å². The van der Waals surface area contributed by atoms with Gasteiger partial charge in [0.1, 0.15) is 11.3 Å². The zero-order chi connectivity index (χ0) is 24.1. The second kappa shape index (κ2) is 10.4. The van der Waals surface area contributed by atoms with Gasteiger partial charge >= 0.3 is 0 Å². The predicted octanol–water partition coefficient (Wildman–Crippen LogP) is 2.47. The number of nitrogens with one attached hydrogen (secondary N) is 2. The van der Waals surface area contributed by atoms with Crippen molar-refractivity contribution in [1.82, 2.24) is 9.88 Å². The van der Waals surface area contributed by atoms with Crippen LogP contribution in [0.5, 0.6) is 5.75 Å². The quantitative estimate of drug-likeness (QED) is 0.156. The molecule has 0 saturated heterocycles. The number of aromatic amines is 1. The highest BCUT2D eigenvalue weighted by Gasteiger charge is 2.19. The first-order chi connectivity index (χ1) is 14.9. The van der Waals surface area contributed by atoms with Crippen molar-refractivity contribution in [2.45, 2.75) is 6.42 Å². The maximum atomic E-state index is 13.1. The van der Waals surface area contributed by atoms with Crippen molar-refractivity contribution in [1.29, 1.82) is 0 Å². The van der Waals surface area contributed by atoms with E-state index in [-0.39, 0.29) is 22.0 Å². The Bertz CT molecular complexity index is 1280. The van der Waals surface area contributed by atoms with Crippen molar-refractivity contribution in [2.75, 3.05) is 45.9 Å². The summed E-state index contributed by atoms with van der Waals surface area (Å²) in [4.78, 5) is 29.2. The Balaban J connectivity index is 0.000000654. The number of fused-ring (bicyclic) bond motifs is 2. The Morgan fingerprint density at radius 1 is 1.25 bits per heavy atom. The van der Waals surface area contributed by atoms with Crippen LogP contribution in [-0.4, -0.2) is 68.3 Å². The smallest absolute Gasteiger partial charge is 0.293 e. The summed E-state index contributed by atoms with van der Waals surface area (Å²) in [5.41, 5.74) is 0.942. The number of nitro groups is 1. The third kappa shape index (κ3) is 6.64. The molecule has 0 fully saturated rings. The van der Waals surface area contributed by atoms with Crippen LogP contribution >= 0.6 is 0 Å². The molecule has 0 radical (unpaired) electrons. The van der Waals surface area contributed by atoms with Gasteiger partial charge in [0.2, 0.25) is 0 Å². The second-order valence-corrected chi connectivity index (χ2v) is 8.79. The highest BCUT2D eigenvalue weighted by molar-refractivity contribution is 7.85. The Morgan fingerprint density at radius 2 is 1.91 bits per heavy atom. The van der Waals surface area contributed by atoms with Crippen LogP contribution in [0.3, 0.4) is 0 Å². The molecule has 12 heteroatoms. The molecule has 1 aromatic heterocycles. The summed E-state index contributed by atoms with van der Waals surface area (Å²) in [6, 6.07) is 8.05. The van der Waals surface area contributed by atoms with Gasteiger partial charge in [0.15, 0.2) is 5.43 Å². The molecule has 3 rings (SSSR count). The average Bonchev–Trinajstić information content (AvgIpc) is 2.69. The van der Waals surface area contributed by atoms with E-state index in [1.807, 2.05) is 14.1 Å². The lowest BCUT2D eigenvalue weighted by molar-refractivity contribution is -0.383. The van der Waals surface area contributed by atoms with Crippen LogP contribution in [0.1, 0.15) is 6.42 Å². The molecule has 3 aromatic rings. The fourth-order valence-electron chi connectivity index (χ4n) is 3.09. The average molecular weight is 467 g/mol. The van der Waals surface area contributed by atoms with Crippen LogP contribution in [0.2, 0.25) is 0 Å². The van der Waals surface area contributed by atoms with E-state index in [1.165, 1.54) is 13.2 Å². The standard InChI is InChI=1S/C19H22N4O4.CH4O3S/c1-22(2)10-4-9-20-15-7-8-16(23(25)26)18-17(15)19(24)13-11-12(27-3)5-6-14(13)21-18;1-5(2,3)4/h5-8,11,20H,4,9-10H2,1-3H3,(H,21,24);1H3,(H,2,3,4). The van der Waals surface area contributed by atoms with Crippen LogP contribution in [0.4, 0.5) is 11.4 Å². The molecule has 0 saturated carbocycles. The third-order valence-electron chi connectivity index (χ3n) is 4.44. The number of methoxy groups -OCH3 is 1. The Labute approximate surface area is 184 Å². The van der Waals surface area contributed by atoms with Gasteiger partial charge < -0.3 is 19.9 Å². The number of aromatic nitrogens is 1. The predicted molar refractivity (Wildman–Crippen MR) is 124 cm³/mol. The summed E-state index contributed by atoms with van der Waals surface area (Å²) in [6.07, 6.45) is 1.60. The molecule has 0 spiro atoms. The molecule has 2 aromatic carbocycles. The fourth-order valence-corrected chi connectivity index (χ4v) is 3.09. The molecule has 0 bridgehead atoms. The van der Waals surface area contributed by atoms with Crippen molar-refractivity contribution in [3.8, 4) is 5.75 Å². The molecule has 3 N–H and O–H groups in total. The van der Waals surface area contributed by atoms with Gasteiger partial charge in [-0.25, -0.2) is 0 Å². The molecule has 0 aliphatic rings. The number of anilines is 1. The van der Waals surface area contributed by atoms with Gasteiger partial charge in [-0.1, -0.05) is 0 Å². The summed E-state index contributed by atoms with van der Waals surface area (Å²) >= 11 is 0. The van der Waals surface area contributed by atoms with Crippen molar-refractivity contribution in [3.05, 3.63) is 50.7 Å². The number of hydrogen-bond acceptors (Lipinski definition) is 8. The lowest BCUT2D eigenvalue weighted by Crippen LogP contribution is -2.17. The molecular formula is C20H26N4O7S. The molecule has 0 aliphatic heterocycles. The van der Waals surface area contributed by atoms with E-state index >= 15 is 0 Å². The molecule has 1 heterocycles. The normalized spacial score (nSPS) is 11.3. The van der Waals surface area contributed by atoms with Gasteiger partial charge in [0, 0.05) is 23.7 Å². The third-order valence-corrected chi connectivity index (χ3v) is 4.44. The Kier molecular flexibility index (Phi) is 8.14. The summed E-state index contributed by atoms with van der Waals surface area (Å²) in [5.74, 6) is 0.554. The monoisotopic (exact) mass is 466 g/mol. The molecule has 0 aliphatic carbocycles. The number of ether oxygens (including phenoxy) is 1. The number of nitro benzene ring substituents is 1. The van der Waals surface area contributed by atoms with Crippen molar-refractivity contribution in [3.63, 3.8) is 0 Å². The minimum atomic E-state index is -3.67. The van der Waals surface area contributed by atoms with Crippen molar-refractivity contribution < 1.29 is 22.6 Å². The Morgan fingerprint density at radius 3 is 2.47 bits per heavy atom. The van der Waals surface area contributed by atoms with Gasteiger partial charge in [0.05, 0.1) is 29.2 Å². The van der Waals surface area contributed by atoms with E-state index in [0.29, 0.717) is 35.1 Å². The highest BCUT2D eigenvalue weighted by atomic mass is 32.2. The van der Waals surface area contributed by atoms with Crippen LogP contribution < -0.4 is 15.5 Å². The van der Waals surface area contributed by atoms with Gasteiger partial charge in [0.25, 0.3) is 15.8 Å². The van der Waals surface area contributed by atoms with Crippen molar-refractivity contribution in [2.24, 2.45) is 0 Å². The second-order valence-electron chi connectivity index (χ2n) is 7.32.